The Morgan fingerprint density at radius 3 is 2.76 bits per heavy atom. The van der Waals surface area contributed by atoms with E-state index >= 15 is 0 Å². The van der Waals surface area contributed by atoms with E-state index in [0.29, 0.717) is 16.1 Å². The third-order valence-electron chi connectivity index (χ3n) is 4.39. The van der Waals surface area contributed by atoms with E-state index in [1.165, 1.54) is 5.56 Å². The minimum absolute atomic E-state index is 0.170. The predicted octanol–water partition coefficient (Wildman–Crippen LogP) is 4.06. The highest BCUT2D eigenvalue weighted by Gasteiger charge is 2.22. The summed E-state index contributed by atoms with van der Waals surface area (Å²) in [4.78, 5) is 13.1. The molecule has 4 nitrogen and oxygen atoms in total. The molecule has 25 heavy (non-hydrogen) atoms. The van der Waals surface area contributed by atoms with Gasteiger partial charge in [-0.25, -0.2) is 4.68 Å². The summed E-state index contributed by atoms with van der Waals surface area (Å²) >= 11 is 12.3. The van der Waals surface area contributed by atoms with Crippen molar-refractivity contribution in [3.63, 3.8) is 0 Å². The Morgan fingerprint density at radius 2 is 1.88 bits per heavy atom. The molecule has 6 heteroatoms. The van der Waals surface area contributed by atoms with E-state index in [-0.39, 0.29) is 10.8 Å². The Hall–Kier alpha value is -2.14. The molecule has 2 heterocycles. The van der Waals surface area contributed by atoms with E-state index < -0.39 is 0 Å². The molecule has 126 valence electrons. The van der Waals surface area contributed by atoms with Crippen LogP contribution in [0, 0.1) is 0 Å². The number of halogens is 2. The van der Waals surface area contributed by atoms with Gasteiger partial charge < -0.3 is 5.32 Å². The zero-order valence-electron chi connectivity index (χ0n) is 13.3. The minimum Gasteiger partial charge on any atom is -0.311 e. The van der Waals surface area contributed by atoms with Crippen molar-refractivity contribution >= 4 is 29.0 Å². The number of para-hydroxylation sites is 1. The quantitative estimate of drug-likeness (QED) is 0.706. The van der Waals surface area contributed by atoms with Gasteiger partial charge in [0.15, 0.2) is 5.78 Å². The van der Waals surface area contributed by atoms with Crippen LogP contribution in [0.25, 0.3) is 5.69 Å². The molecule has 1 aromatic heterocycles. The smallest absolute Gasteiger partial charge is 0.196 e. The molecule has 0 atom stereocenters. The van der Waals surface area contributed by atoms with Crippen molar-refractivity contribution in [3.8, 4) is 5.69 Å². The van der Waals surface area contributed by atoms with E-state index in [1.54, 1.807) is 24.3 Å². The lowest BCUT2D eigenvalue weighted by Gasteiger charge is -2.17. The van der Waals surface area contributed by atoms with Crippen LogP contribution in [0.2, 0.25) is 10.0 Å². The highest BCUT2D eigenvalue weighted by atomic mass is 35.5. The van der Waals surface area contributed by atoms with Gasteiger partial charge in [0.2, 0.25) is 0 Å². The summed E-state index contributed by atoms with van der Waals surface area (Å²) in [7, 11) is 0. The number of nitrogens with one attached hydrogen (secondary N) is 1. The predicted molar refractivity (Wildman–Crippen MR) is 98.9 cm³/mol. The van der Waals surface area contributed by atoms with Crippen LogP contribution in [0.1, 0.15) is 27.2 Å². The molecule has 1 aliphatic rings. The van der Waals surface area contributed by atoms with Gasteiger partial charge in [0, 0.05) is 17.7 Å². The Balaban J connectivity index is 1.84. The number of aromatic nitrogens is 2. The summed E-state index contributed by atoms with van der Waals surface area (Å²) in [6.07, 6.45) is 2.81. The van der Waals surface area contributed by atoms with Crippen LogP contribution in [0.5, 0.6) is 0 Å². The maximum absolute atomic E-state index is 13.1. The third-order valence-corrected chi connectivity index (χ3v) is 5.21. The Morgan fingerprint density at radius 1 is 1.08 bits per heavy atom. The monoisotopic (exact) mass is 371 g/mol. The van der Waals surface area contributed by atoms with Gasteiger partial charge in [0.1, 0.15) is 0 Å². The highest BCUT2D eigenvalue weighted by Crippen LogP contribution is 2.29. The molecule has 0 bridgehead atoms. The second-order valence-electron chi connectivity index (χ2n) is 5.90. The van der Waals surface area contributed by atoms with E-state index in [9.17, 15) is 4.79 Å². The van der Waals surface area contributed by atoms with Gasteiger partial charge in [-0.05, 0) is 42.8 Å². The van der Waals surface area contributed by atoms with Crippen molar-refractivity contribution in [1.29, 1.82) is 0 Å². The fourth-order valence-electron chi connectivity index (χ4n) is 3.12. The first-order valence-corrected chi connectivity index (χ1v) is 8.77. The molecular weight excluding hydrogens is 357 g/mol. The molecule has 0 spiro atoms. The number of fused-ring (bicyclic) bond motifs is 1. The van der Waals surface area contributed by atoms with Crippen LogP contribution in [-0.4, -0.2) is 22.1 Å². The van der Waals surface area contributed by atoms with Gasteiger partial charge in [0.05, 0.1) is 27.6 Å². The van der Waals surface area contributed by atoms with Gasteiger partial charge >= 0.3 is 0 Å². The molecule has 1 N–H and O–H groups in total. The normalized spacial score (nSPS) is 13.5. The van der Waals surface area contributed by atoms with E-state index in [0.717, 1.165) is 30.9 Å². The number of nitrogens with zero attached hydrogens (tertiary/aromatic N) is 2. The average molecular weight is 372 g/mol. The van der Waals surface area contributed by atoms with E-state index in [2.05, 4.69) is 10.4 Å². The van der Waals surface area contributed by atoms with Crippen LogP contribution in [-0.2, 0) is 13.0 Å². The lowest BCUT2D eigenvalue weighted by molar-refractivity contribution is 0.103. The van der Waals surface area contributed by atoms with Crippen molar-refractivity contribution in [1.82, 2.24) is 15.1 Å². The molecule has 0 radical (unpaired) electrons. The number of hydrogen-bond acceptors (Lipinski definition) is 3. The van der Waals surface area contributed by atoms with Gasteiger partial charge in [0.25, 0.3) is 0 Å². The van der Waals surface area contributed by atoms with Crippen LogP contribution < -0.4 is 5.32 Å². The second-order valence-corrected chi connectivity index (χ2v) is 6.69. The van der Waals surface area contributed by atoms with Gasteiger partial charge in [-0.3, -0.25) is 4.79 Å². The molecule has 0 saturated carbocycles. The van der Waals surface area contributed by atoms with Gasteiger partial charge in [-0.15, -0.1) is 0 Å². The summed E-state index contributed by atoms with van der Waals surface area (Å²) in [5.74, 6) is -0.170. The van der Waals surface area contributed by atoms with Crippen molar-refractivity contribution in [2.75, 3.05) is 6.54 Å². The largest absolute Gasteiger partial charge is 0.311 e. The second kappa shape index (κ2) is 6.64. The fourth-order valence-corrected chi connectivity index (χ4v) is 3.50. The third kappa shape index (κ3) is 2.86. The average Bonchev–Trinajstić information content (AvgIpc) is 3.07. The number of rotatable bonds is 3. The van der Waals surface area contributed by atoms with Crippen molar-refractivity contribution in [2.45, 2.75) is 13.0 Å². The summed E-state index contributed by atoms with van der Waals surface area (Å²) in [5, 5.41) is 8.50. The molecule has 0 fully saturated rings. The van der Waals surface area contributed by atoms with Crippen LogP contribution >= 0.6 is 23.2 Å². The zero-order valence-corrected chi connectivity index (χ0v) is 14.8. The lowest BCUT2D eigenvalue weighted by Crippen LogP contribution is -2.25. The summed E-state index contributed by atoms with van der Waals surface area (Å²) in [6.45, 7) is 1.67. The first kappa shape index (κ1) is 16.3. The number of carbonyl (C=O) groups excluding carboxylic acids is 1. The summed E-state index contributed by atoms with van der Waals surface area (Å²) in [6, 6.07) is 12.5. The summed E-state index contributed by atoms with van der Waals surface area (Å²) in [5.41, 5.74) is 3.97. The lowest BCUT2D eigenvalue weighted by atomic mass is 10.0. The summed E-state index contributed by atoms with van der Waals surface area (Å²) < 4.78 is 1.84. The Bertz CT molecular complexity index is 965. The van der Waals surface area contributed by atoms with Crippen molar-refractivity contribution in [2.24, 2.45) is 0 Å². The van der Waals surface area contributed by atoms with E-state index in [4.69, 9.17) is 23.2 Å². The first-order valence-electron chi connectivity index (χ1n) is 8.01. The molecule has 0 unspecified atom stereocenters. The van der Waals surface area contributed by atoms with Gasteiger partial charge in [-0.2, -0.15) is 5.10 Å². The number of benzene rings is 2. The van der Waals surface area contributed by atoms with Crippen LogP contribution in [0.4, 0.5) is 0 Å². The molecule has 1 aliphatic heterocycles. The Kier molecular flexibility index (Phi) is 4.34. The molecule has 0 saturated heterocycles. The molecule has 4 rings (SSSR count). The molecular formula is C19H15Cl2N3O. The maximum atomic E-state index is 13.1. The fraction of sp³-hybridized carbons (Fsp3) is 0.158. The molecule has 0 aliphatic carbocycles. The van der Waals surface area contributed by atoms with E-state index in [1.807, 2.05) is 29.1 Å². The Labute approximate surface area is 155 Å². The number of carbonyl (C=O) groups is 1. The standard InChI is InChI=1S/C19H15Cl2N3O/c20-15-6-3-5-14(18(15)21)19(25)13-4-1-2-7-16(13)24-17-11-22-9-8-12(17)10-23-24/h1-7,10,22H,8-9,11H2. The van der Waals surface area contributed by atoms with Crippen molar-refractivity contribution < 1.29 is 4.79 Å². The molecule has 3 aromatic rings. The maximum Gasteiger partial charge on any atom is 0.196 e. The molecule has 0 amide bonds. The van der Waals surface area contributed by atoms with Gasteiger partial charge in [-0.1, -0.05) is 41.4 Å². The first-order chi connectivity index (χ1) is 12.2. The number of hydrogen-bond donors (Lipinski definition) is 1. The molecule has 2 aromatic carbocycles. The highest BCUT2D eigenvalue weighted by molar-refractivity contribution is 6.44. The zero-order chi connectivity index (χ0) is 17.4. The topological polar surface area (TPSA) is 46.9 Å². The SMILES string of the molecule is O=C(c1ccccc1-n1ncc2c1CNCC2)c1cccc(Cl)c1Cl. The minimum atomic E-state index is -0.170. The van der Waals surface area contributed by atoms with Crippen LogP contribution in [0.3, 0.4) is 0 Å². The van der Waals surface area contributed by atoms with Crippen LogP contribution in [0.15, 0.2) is 48.7 Å². The van der Waals surface area contributed by atoms with Crippen molar-refractivity contribution in [3.05, 3.63) is 81.1 Å². The number of ketones is 1.